The summed E-state index contributed by atoms with van der Waals surface area (Å²) in [5.41, 5.74) is 3.45. The maximum atomic E-state index is 5.91. The van der Waals surface area contributed by atoms with Crippen LogP contribution in [-0.4, -0.2) is 37.1 Å². The van der Waals surface area contributed by atoms with Crippen LogP contribution >= 0.6 is 0 Å². The first-order chi connectivity index (χ1) is 11.2. The molecule has 0 unspecified atom stereocenters. The zero-order valence-corrected chi connectivity index (χ0v) is 13.6. The van der Waals surface area contributed by atoms with E-state index in [0.29, 0.717) is 6.61 Å². The summed E-state index contributed by atoms with van der Waals surface area (Å²) in [4.78, 5) is 5.36. The van der Waals surface area contributed by atoms with Gasteiger partial charge in [0.05, 0.1) is 0 Å². The molecule has 0 aliphatic carbocycles. The normalized spacial score (nSPS) is 11.6. The minimum absolute atomic E-state index is 0.686. The number of nitrogens with zero attached hydrogens (tertiary/aromatic N) is 1. The van der Waals surface area contributed by atoms with Crippen molar-refractivity contribution in [2.75, 3.05) is 27.2 Å². The van der Waals surface area contributed by atoms with Gasteiger partial charge in [0.25, 0.3) is 0 Å². The Kier molecular flexibility index (Phi) is 4.79. The highest BCUT2D eigenvalue weighted by Gasteiger charge is 2.02. The van der Waals surface area contributed by atoms with Crippen LogP contribution in [0.15, 0.2) is 54.7 Å². The number of para-hydroxylation sites is 1. The number of aromatic amines is 1. The molecule has 3 aromatic rings. The average Bonchev–Trinajstić information content (AvgIpc) is 3.03. The van der Waals surface area contributed by atoms with E-state index in [4.69, 9.17) is 4.74 Å². The number of fused-ring (bicyclic) bond motifs is 1. The maximum absolute atomic E-state index is 5.91. The zero-order valence-electron chi connectivity index (χ0n) is 13.6. The van der Waals surface area contributed by atoms with Gasteiger partial charge in [-0.3, -0.25) is 0 Å². The monoisotopic (exact) mass is 306 g/mol. The molecule has 1 N–H and O–H groups in total. The minimum atomic E-state index is 0.686. The molecule has 0 bridgehead atoms. The van der Waals surface area contributed by atoms with Crippen molar-refractivity contribution in [1.29, 1.82) is 0 Å². The Bertz CT molecular complexity index is 802. The van der Waals surface area contributed by atoms with Crippen molar-refractivity contribution in [2.24, 2.45) is 0 Å². The van der Waals surface area contributed by atoms with Crippen molar-refractivity contribution < 1.29 is 4.74 Å². The topological polar surface area (TPSA) is 28.3 Å². The summed E-state index contributed by atoms with van der Waals surface area (Å²) in [6, 6.07) is 16.5. The number of hydrogen-bond acceptors (Lipinski definition) is 2. The van der Waals surface area contributed by atoms with E-state index in [2.05, 4.69) is 52.4 Å². The molecular formula is C20H22N2O. The van der Waals surface area contributed by atoms with Crippen molar-refractivity contribution in [3.8, 4) is 5.75 Å². The van der Waals surface area contributed by atoms with Gasteiger partial charge in [0, 0.05) is 29.2 Å². The highest BCUT2D eigenvalue weighted by atomic mass is 16.5. The molecule has 0 radical (unpaired) electrons. The van der Waals surface area contributed by atoms with Gasteiger partial charge >= 0.3 is 0 Å². The predicted molar refractivity (Wildman–Crippen MR) is 97.7 cm³/mol. The maximum Gasteiger partial charge on any atom is 0.126 e. The third kappa shape index (κ3) is 3.82. The van der Waals surface area contributed by atoms with Gasteiger partial charge in [0.1, 0.15) is 12.4 Å². The Balaban J connectivity index is 1.81. The third-order valence-electron chi connectivity index (χ3n) is 3.79. The Morgan fingerprint density at radius 1 is 0.957 bits per heavy atom. The summed E-state index contributed by atoms with van der Waals surface area (Å²) in [5.74, 6) is 0.923. The van der Waals surface area contributed by atoms with Crippen LogP contribution in [0.5, 0.6) is 5.75 Å². The SMILES string of the molecule is CN(C)CCOc1ccccc1/C=C/c1cccc2[nH]ccc12. The van der Waals surface area contributed by atoms with Gasteiger partial charge in [-0.2, -0.15) is 0 Å². The molecule has 0 amide bonds. The second-order valence-electron chi connectivity index (χ2n) is 5.81. The molecule has 0 spiro atoms. The lowest BCUT2D eigenvalue weighted by Crippen LogP contribution is -2.19. The number of H-pyrrole nitrogens is 1. The van der Waals surface area contributed by atoms with E-state index in [1.54, 1.807) is 0 Å². The molecular weight excluding hydrogens is 284 g/mol. The summed E-state index contributed by atoms with van der Waals surface area (Å²) in [5, 5.41) is 1.23. The molecule has 3 heteroatoms. The number of nitrogens with one attached hydrogen (secondary N) is 1. The van der Waals surface area contributed by atoms with Gasteiger partial charge in [-0.25, -0.2) is 0 Å². The van der Waals surface area contributed by atoms with Crippen LogP contribution in [0, 0.1) is 0 Å². The highest BCUT2D eigenvalue weighted by Crippen LogP contribution is 2.23. The Hall–Kier alpha value is -2.52. The van der Waals surface area contributed by atoms with E-state index < -0.39 is 0 Å². The fourth-order valence-electron chi connectivity index (χ4n) is 2.52. The number of likely N-dealkylation sites (N-methyl/N-ethyl adjacent to an activating group) is 1. The molecule has 23 heavy (non-hydrogen) atoms. The van der Waals surface area contributed by atoms with Crippen molar-refractivity contribution in [3.63, 3.8) is 0 Å². The first-order valence-electron chi connectivity index (χ1n) is 7.85. The molecule has 0 aliphatic heterocycles. The fourth-order valence-corrected chi connectivity index (χ4v) is 2.52. The molecule has 1 aromatic heterocycles. The number of rotatable bonds is 6. The summed E-state index contributed by atoms with van der Waals surface area (Å²) in [6.07, 6.45) is 6.23. The van der Waals surface area contributed by atoms with Gasteiger partial charge < -0.3 is 14.6 Å². The summed E-state index contributed by atoms with van der Waals surface area (Å²) < 4.78 is 5.91. The van der Waals surface area contributed by atoms with E-state index in [1.165, 1.54) is 10.9 Å². The van der Waals surface area contributed by atoms with Crippen LogP contribution in [0.25, 0.3) is 23.1 Å². The number of hydrogen-bond donors (Lipinski definition) is 1. The predicted octanol–water partition coefficient (Wildman–Crippen LogP) is 4.28. The molecule has 2 aromatic carbocycles. The molecule has 118 valence electrons. The van der Waals surface area contributed by atoms with Gasteiger partial charge in [-0.1, -0.05) is 42.5 Å². The summed E-state index contributed by atoms with van der Waals surface area (Å²) in [6.45, 7) is 1.59. The summed E-state index contributed by atoms with van der Waals surface area (Å²) >= 11 is 0. The molecule has 0 saturated carbocycles. The van der Waals surface area contributed by atoms with Gasteiger partial charge in [-0.05, 0) is 37.9 Å². The smallest absolute Gasteiger partial charge is 0.126 e. The van der Waals surface area contributed by atoms with Crippen LogP contribution in [0.1, 0.15) is 11.1 Å². The van der Waals surface area contributed by atoms with Crippen molar-refractivity contribution in [2.45, 2.75) is 0 Å². The Labute approximate surface area is 137 Å². The van der Waals surface area contributed by atoms with E-state index in [-0.39, 0.29) is 0 Å². The zero-order chi connectivity index (χ0) is 16.1. The highest BCUT2D eigenvalue weighted by molar-refractivity contribution is 5.91. The molecule has 3 rings (SSSR count). The average molecular weight is 306 g/mol. The van der Waals surface area contributed by atoms with Crippen LogP contribution in [0.2, 0.25) is 0 Å². The summed E-state index contributed by atoms with van der Waals surface area (Å²) in [7, 11) is 4.10. The van der Waals surface area contributed by atoms with E-state index >= 15 is 0 Å². The Morgan fingerprint density at radius 2 is 1.74 bits per heavy atom. The van der Waals surface area contributed by atoms with E-state index in [1.807, 2.05) is 38.5 Å². The van der Waals surface area contributed by atoms with Crippen LogP contribution < -0.4 is 4.74 Å². The largest absolute Gasteiger partial charge is 0.492 e. The van der Waals surface area contributed by atoms with Gasteiger partial charge in [0.2, 0.25) is 0 Å². The number of aromatic nitrogens is 1. The second kappa shape index (κ2) is 7.16. The second-order valence-corrected chi connectivity index (χ2v) is 5.81. The first kappa shape index (κ1) is 15.4. The van der Waals surface area contributed by atoms with Crippen molar-refractivity contribution >= 4 is 23.1 Å². The lowest BCUT2D eigenvalue weighted by atomic mass is 10.1. The van der Waals surface area contributed by atoms with Crippen LogP contribution in [0.4, 0.5) is 0 Å². The third-order valence-corrected chi connectivity index (χ3v) is 3.79. The quantitative estimate of drug-likeness (QED) is 0.689. The van der Waals surface area contributed by atoms with Crippen LogP contribution in [0.3, 0.4) is 0 Å². The lowest BCUT2D eigenvalue weighted by Gasteiger charge is -2.12. The Morgan fingerprint density at radius 3 is 2.61 bits per heavy atom. The lowest BCUT2D eigenvalue weighted by molar-refractivity contribution is 0.261. The van der Waals surface area contributed by atoms with Crippen molar-refractivity contribution in [3.05, 3.63) is 65.9 Å². The molecule has 0 fully saturated rings. The standard InChI is InChI=1S/C20H22N2O/c1-22(2)14-15-23-20-9-4-3-6-17(20)11-10-16-7-5-8-19-18(16)12-13-21-19/h3-13,21H,14-15H2,1-2H3/b11-10+. The minimum Gasteiger partial charge on any atom is -0.492 e. The molecule has 0 aliphatic rings. The fraction of sp³-hybridized carbons (Fsp3) is 0.200. The van der Waals surface area contributed by atoms with Crippen LogP contribution in [-0.2, 0) is 0 Å². The van der Waals surface area contributed by atoms with Crippen molar-refractivity contribution in [1.82, 2.24) is 9.88 Å². The van der Waals surface area contributed by atoms with E-state index in [9.17, 15) is 0 Å². The van der Waals surface area contributed by atoms with Gasteiger partial charge in [-0.15, -0.1) is 0 Å². The van der Waals surface area contributed by atoms with Gasteiger partial charge in [0.15, 0.2) is 0 Å². The molecule has 0 saturated heterocycles. The number of ether oxygens (including phenoxy) is 1. The first-order valence-corrected chi connectivity index (χ1v) is 7.85. The number of benzene rings is 2. The molecule has 1 heterocycles. The van der Waals surface area contributed by atoms with E-state index in [0.717, 1.165) is 23.4 Å². The molecule has 0 atom stereocenters. The molecule has 3 nitrogen and oxygen atoms in total.